The maximum Gasteiger partial charge on any atom is 0.323 e. The second kappa shape index (κ2) is 7.23. The lowest BCUT2D eigenvalue weighted by Crippen LogP contribution is -2.43. The average Bonchev–Trinajstić information content (AvgIpc) is 2.89. The van der Waals surface area contributed by atoms with Crippen molar-refractivity contribution in [2.75, 3.05) is 13.2 Å². The average molecular weight is 285 g/mol. The highest BCUT2D eigenvalue weighted by Gasteiger charge is 2.47. The highest BCUT2D eigenvalue weighted by molar-refractivity contribution is 7.09. The molecule has 106 valence electrons. The quantitative estimate of drug-likeness (QED) is 0.567. The number of nitrogens with zero attached hydrogens (tertiary/aromatic N) is 1. The summed E-state index contributed by atoms with van der Waals surface area (Å²) in [6.45, 7) is 5.70. The zero-order valence-electron chi connectivity index (χ0n) is 11.5. The van der Waals surface area contributed by atoms with Gasteiger partial charge in [0, 0.05) is 17.5 Å². The molecule has 0 bridgehead atoms. The fourth-order valence-electron chi connectivity index (χ4n) is 1.81. The Morgan fingerprint density at radius 1 is 1.21 bits per heavy atom. The van der Waals surface area contributed by atoms with Gasteiger partial charge < -0.3 is 9.47 Å². The molecule has 0 spiro atoms. The number of hydrogen-bond acceptors (Lipinski definition) is 6. The first-order valence-corrected chi connectivity index (χ1v) is 7.20. The fourth-order valence-corrected chi connectivity index (χ4v) is 2.52. The van der Waals surface area contributed by atoms with Crippen LogP contribution in [0.5, 0.6) is 0 Å². The van der Waals surface area contributed by atoms with E-state index in [0.29, 0.717) is 6.42 Å². The van der Waals surface area contributed by atoms with Crippen molar-refractivity contribution in [2.24, 2.45) is 5.41 Å². The van der Waals surface area contributed by atoms with E-state index in [1.165, 1.54) is 11.3 Å². The van der Waals surface area contributed by atoms with Gasteiger partial charge in [-0.25, -0.2) is 0 Å². The van der Waals surface area contributed by atoms with Gasteiger partial charge in [-0.1, -0.05) is 6.92 Å². The van der Waals surface area contributed by atoms with Crippen LogP contribution in [-0.4, -0.2) is 30.1 Å². The van der Waals surface area contributed by atoms with Crippen LogP contribution in [0.1, 0.15) is 32.1 Å². The second-order valence-electron chi connectivity index (χ2n) is 4.02. The Labute approximate surface area is 116 Å². The van der Waals surface area contributed by atoms with E-state index in [1.807, 2.05) is 0 Å². The van der Waals surface area contributed by atoms with Crippen molar-refractivity contribution < 1.29 is 19.1 Å². The summed E-state index contributed by atoms with van der Waals surface area (Å²) in [6.07, 6.45) is 2.27. The monoisotopic (exact) mass is 285 g/mol. The van der Waals surface area contributed by atoms with E-state index in [4.69, 9.17) is 9.47 Å². The van der Waals surface area contributed by atoms with Crippen molar-refractivity contribution >= 4 is 23.3 Å². The topological polar surface area (TPSA) is 65.5 Å². The number of esters is 2. The van der Waals surface area contributed by atoms with Gasteiger partial charge in [0.15, 0.2) is 5.41 Å². The molecule has 0 unspecified atom stereocenters. The van der Waals surface area contributed by atoms with Gasteiger partial charge in [0.1, 0.15) is 0 Å². The van der Waals surface area contributed by atoms with Crippen LogP contribution in [0, 0.1) is 5.41 Å². The summed E-state index contributed by atoms with van der Waals surface area (Å²) in [5.74, 6) is -1.05. The van der Waals surface area contributed by atoms with E-state index in [0.717, 1.165) is 4.88 Å². The fraction of sp³-hybridized carbons (Fsp3) is 0.615. The number of thiazole rings is 1. The third kappa shape index (κ3) is 3.53. The lowest BCUT2D eigenvalue weighted by atomic mass is 9.81. The van der Waals surface area contributed by atoms with Crippen molar-refractivity contribution in [2.45, 2.75) is 33.6 Å². The first-order chi connectivity index (χ1) is 9.10. The summed E-state index contributed by atoms with van der Waals surface area (Å²) in [5.41, 5.74) is 0.407. The van der Waals surface area contributed by atoms with E-state index in [9.17, 15) is 9.59 Å². The predicted octanol–water partition coefficient (Wildman–Crippen LogP) is 2.21. The second-order valence-corrected chi connectivity index (χ2v) is 4.99. The molecule has 0 aliphatic rings. The van der Waals surface area contributed by atoms with E-state index in [-0.39, 0.29) is 19.6 Å². The van der Waals surface area contributed by atoms with E-state index >= 15 is 0 Å². The summed E-state index contributed by atoms with van der Waals surface area (Å²) in [6, 6.07) is 0. The Bertz CT molecular complexity index is 398. The predicted molar refractivity (Wildman–Crippen MR) is 71.8 cm³/mol. The first-order valence-electron chi connectivity index (χ1n) is 6.32. The molecule has 0 radical (unpaired) electrons. The zero-order chi connectivity index (χ0) is 14.3. The largest absolute Gasteiger partial charge is 0.465 e. The van der Waals surface area contributed by atoms with Gasteiger partial charge >= 0.3 is 11.9 Å². The van der Waals surface area contributed by atoms with Gasteiger partial charge in [-0.2, -0.15) is 0 Å². The Balaban J connectivity index is 3.05. The van der Waals surface area contributed by atoms with Gasteiger partial charge in [-0.15, -0.1) is 11.3 Å². The number of carbonyl (C=O) groups excluding carboxylic acids is 2. The molecule has 0 saturated carbocycles. The Morgan fingerprint density at radius 3 is 2.16 bits per heavy atom. The molecule has 0 aliphatic heterocycles. The molecule has 0 fully saturated rings. The summed E-state index contributed by atoms with van der Waals surface area (Å²) >= 11 is 1.41. The normalized spacial score (nSPS) is 11.1. The minimum absolute atomic E-state index is 0.239. The van der Waals surface area contributed by atoms with Crippen molar-refractivity contribution in [3.8, 4) is 0 Å². The molecule has 0 saturated heterocycles. The standard InChI is InChI=1S/C13H19NO4S/c1-4-13(11(15)17-5-2,12(16)18-6-3)7-10-8-14-9-19-10/h8-9H,4-7H2,1-3H3. The molecule has 19 heavy (non-hydrogen) atoms. The van der Waals surface area contributed by atoms with Gasteiger partial charge in [-0.3, -0.25) is 14.6 Å². The van der Waals surface area contributed by atoms with Crippen LogP contribution in [0.25, 0.3) is 0 Å². The van der Waals surface area contributed by atoms with Gasteiger partial charge in [0.25, 0.3) is 0 Å². The molecule has 0 N–H and O–H groups in total. The molecule has 0 atom stereocenters. The van der Waals surface area contributed by atoms with Gasteiger partial charge in [0.2, 0.25) is 0 Å². The molecule has 0 aromatic carbocycles. The van der Waals surface area contributed by atoms with Crippen LogP contribution >= 0.6 is 11.3 Å². The number of rotatable bonds is 7. The van der Waals surface area contributed by atoms with E-state index < -0.39 is 17.4 Å². The maximum atomic E-state index is 12.2. The molecular formula is C13H19NO4S. The first kappa shape index (κ1) is 15.6. The van der Waals surface area contributed by atoms with Crippen molar-refractivity contribution in [3.63, 3.8) is 0 Å². The Kier molecular flexibility index (Phi) is 5.95. The SMILES string of the molecule is CCOC(=O)C(CC)(Cc1cncs1)C(=O)OCC. The number of hydrogen-bond donors (Lipinski definition) is 0. The molecule has 1 aromatic rings. The lowest BCUT2D eigenvalue weighted by molar-refractivity contribution is -0.172. The van der Waals surface area contributed by atoms with Gasteiger partial charge in [-0.05, 0) is 20.3 Å². The van der Waals surface area contributed by atoms with Crippen LogP contribution in [0.15, 0.2) is 11.7 Å². The van der Waals surface area contributed by atoms with Crippen molar-refractivity contribution in [1.29, 1.82) is 0 Å². The molecule has 0 amide bonds. The van der Waals surface area contributed by atoms with Gasteiger partial charge in [0.05, 0.1) is 18.7 Å². The molecule has 1 heterocycles. The smallest absolute Gasteiger partial charge is 0.323 e. The highest BCUT2D eigenvalue weighted by atomic mass is 32.1. The van der Waals surface area contributed by atoms with Crippen molar-refractivity contribution in [1.82, 2.24) is 4.98 Å². The minimum atomic E-state index is -1.27. The summed E-state index contributed by atoms with van der Waals surface area (Å²) in [5, 5.41) is 0. The molecule has 1 aromatic heterocycles. The third-order valence-corrected chi connectivity index (χ3v) is 3.67. The summed E-state index contributed by atoms with van der Waals surface area (Å²) < 4.78 is 10.1. The van der Waals surface area contributed by atoms with Crippen LogP contribution < -0.4 is 0 Å². The maximum absolute atomic E-state index is 12.2. The van der Waals surface area contributed by atoms with E-state index in [2.05, 4.69) is 4.98 Å². The molecule has 1 rings (SSSR count). The molecule has 0 aliphatic carbocycles. The highest BCUT2D eigenvalue weighted by Crippen LogP contribution is 2.32. The summed E-state index contributed by atoms with van der Waals surface area (Å²) in [7, 11) is 0. The summed E-state index contributed by atoms with van der Waals surface area (Å²) in [4.78, 5) is 29.2. The van der Waals surface area contributed by atoms with Crippen LogP contribution in [0.4, 0.5) is 0 Å². The van der Waals surface area contributed by atoms with E-state index in [1.54, 1.807) is 32.5 Å². The van der Waals surface area contributed by atoms with Crippen LogP contribution in [0.2, 0.25) is 0 Å². The van der Waals surface area contributed by atoms with Crippen molar-refractivity contribution in [3.05, 3.63) is 16.6 Å². The van der Waals surface area contributed by atoms with Crippen LogP contribution in [-0.2, 0) is 25.5 Å². The Morgan fingerprint density at radius 2 is 1.79 bits per heavy atom. The zero-order valence-corrected chi connectivity index (χ0v) is 12.3. The van der Waals surface area contributed by atoms with Crippen LogP contribution in [0.3, 0.4) is 0 Å². The molecule has 5 nitrogen and oxygen atoms in total. The number of ether oxygens (including phenoxy) is 2. The number of carbonyl (C=O) groups is 2. The number of aromatic nitrogens is 1. The minimum Gasteiger partial charge on any atom is -0.465 e. The third-order valence-electron chi connectivity index (χ3n) is 2.90. The lowest BCUT2D eigenvalue weighted by Gasteiger charge is -2.27. The molecule has 6 heteroatoms. The molecular weight excluding hydrogens is 266 g/mol. The Hall–Kier alpha value is -1.43.